The number of nitrogens with zero attached hydrogens (tertiary/aromatic N) is 1. The van der Waals surface area contributed by atoms with E-state index in [9.17, 15) is 9.59 Å². The molecule has 1 unspecified atom stereocenters. The van der Waals surface area contributed by atoms with E-state index < -0.39 is 0 Å². The lowest BCUT2D eigenvalue weighted by atomic mass is 10.1. The molecule has 1 saturated heterocycles. The molecule has 0 saturated carbocycles. The van der Waals surface area contributed by atoms with Crippen LogP contribution in [0.4, 0.5) is 0 Å². The van der Waals surface area contributed by atoms with E-state index in [-0.39, 0.29) is 17.7 Å². The lowest BCUT2D eigenvalue weighted by Gasteiger charge is -2.13. The Balaban J connectivity index is 0. The van der Waals surface area contributed by atoms with Crippen LogP contribution in [-0.4, -0.2) is 23.3 Å². The SMILES string of the molecule is CC.CC.CCCCCN1C(=O)CC(C)C1=O. The molecular weight excluding hydrogens is 214 g/mol. The van der Waals surface area contributed by atoms with Crippen molar-refractivity contribution in [2.75, 3.05) is 6.54 Å². The van der Waals surface area contributed by atoms with Gasteiger partial charge in [-0.3, -0.25) is 14.5 Å². The minimum Gasteiger partial charge on any atom is -0.282 e. The van der Waals surface area contributed by atoms with Crippen molar-refractivity contribution in [3.63, 3.8) is 0 Å². The van der Waals surface area contributed by atoms with E-state index in [4.69, 9.17) is 0 Å². The fourth-order valence-electron chi connectivity index (χ4n) is 1.60. The summed E-state index contributed by atoms with van der Waals surface area (Å²) in [7, 11) is 0. The van der Waals surface area contributed by atoms with Crippen molar-refractivity contribution in [1.29, 1.82) is 0 Å². The molecule has 0 spiro atoms. The number of imide groups is 1. The van der Waals surface area contributed by atoms with Crippen molar-refractivity contribution >= 4 is 11.8 Å². The standard InChI is InChI=1S/C10H17NO2.2C2H6/c1-3-4-5-6-11-9(12)7-8(2)10(11)13;2*1-2/h8H,3-7H2,1-2H3;2*1-2H3. The second-order valence-corrected chi connectivity index (χ2v) is 3.70. The zero-order valence-corrected chi connectivity index (χ0v) is 12.4. The van der Waals surface area contributed by atoms with Gasteiger partial charge in [0.2, 0.25) is 11.8 Å². The topological polar surface area (TPSA) is 37.4 Å². The number of hydrogen-bond donors (Lipinski definition) is 0. The highest BCUT2D eigenvalue weighted by Crippen LogP contribution is 2.19. The van der Waals surface area contributed by atoms with Gasteiger partial charge < -0.3 is 0 Å². The summed E-state index contributed by atoms with van der Waals surface area (Å²) in [5, 5.41) is 0. The van der Waals surface area contributed by atoms with E-state index in [1.54, 1.807) is 0 Å². The molecule has 102 valence electrons. The van der Waals surface area contributed by atoms with E-state index in [1.807, 2.05) is 34.6 Å². The Kier molecular flexibility index (Phi) is 12.6. The van der Waals surface area contributed by atoms with Crippen LogP contribution in [0.1, 0.15) is 67.2 Å². The average molecular weight is 243 g/mol. The van der Waals surface area contributed by atoms with Crippen LogP contribution in [0.5, 0.6) is 0 Å². The van der Waals surface area contributed by atoms with Crippen molar-refractivity contribution in [2.45, 2.75) is 67.2 Å². The zero-order chi connectivity index (χ0) is 13.8. The Morgan fingerprint density at radius 1 is 1.12 bits per heavy atom. The smallest absolute Gasteiger partial charge is 0.232 e. The molecule has 0 aromatic rings. The molecule has 1 atom stereocenters. The predicted molar refractivity (Wildman–Crippen MR) is 72.7 cm³/mol. The summed E-state index contributed by atoms with van der Waals surface area (Å²) in [6.45, 7) is 12.5. The molecule has 0 aliphatic carbocycles. The normalized spacial score (nSPS) is 18.2. The van der Waals surface area contributed by atoms with Crippen molar-refractivity contribution in [2.24, 2.45) is 5.92 Å². The van der Waals surface area contributed by atoms with Gasteiger partial charge in [-0.15, -0.1) is 0 Å². The fraction of sp³-hybridized carbons (Fsp3) is 0.857. The molecule has 1 aliphatic heterocycles. The second-order valence-electron chi connectivity index (χ2n) is 3.70. The van der Waals surface area contributed by atoms with Gasteiger partial charge in [-0.25, -0.2) is 0 Å². The Bertz CT molecular complexity index is 214. The van der Waals surface area contributed by atoms with Crippen molar-refractivity contribution in [3.05, 3.63) is 0 Å². The van der Waals surface area contributed by atoms with E-state index >= 15 is 0 Å². The third kappa shape index (κ3) is 6.44. The summed E-state index contributed by atoms with van der Waals surface area (Å²) < 4.78 is 0. The molecule has 0 N–H and O–H groups in total. The van der Waals surface area contributed by atoms with Gasteiger partial charge in [-0.1, -0.05) is 54.4 Å². The predicted octanol–water partition coefficient (Wildman–Crippen LogP) is 3.62. The largest absolute Gasteiger partial charge is 0.282 e. The van der Waals surface area contributed by atoms with Gasteiger partial charge in [-0.2, -0.15) is 0 Å². The summed E-state index contributed by atoms with van der Waals surface area (Å²) in [6.07, 6.45) is 3.56. The maximum Gasteiger partial charge on any atom is 0.232 e. The third-order valence-electron chi connectivity index (χ3n) is 2.45. The number of carbonyl (C=O) groups excluding carboxylic acids is 2. The molecule has 3 heteroatoms. The summed E-state index contributed by atoms with van der Waals surface area (Å²) in [4.78, 5) is 24.1. The Morgan fingerprint density at radius 3 is 2.00 bits per heavy atom. The molecule has 1 fully saturated rings. The molecule has 3 nitrogen and oxygen atoms in total. The first-order chi connectivity index (χ1) is 8.16. The van der Waals surface area contributed by atoms with Crippen LogP contribution >= 0.6 is 0 Å². The van der Waals surface area contributed by atoms with Crippen LogP contribution in [-0.2, 0) is 9.59 Å². The molecule has 0 aromatic heterocycles. The number of rotatable bonds is 4. The average Bonchev–Trinajstić information content (AvgIpc) is 2.61. The summed E-state index contributed by atoms with van der Waals surface area (Å²) in [5.74, 6) is -0.0659. The molecule has 1 rings (SSSR count). The lowest BCUT2D eigenvalue weighted by molar-refractivity contribution is -0.139. The second kappa shape index (κ2) is 11.6. The molecular formula is C14H29NO2. The summed E-state index contributed by atoms with van der Waals surface area (Å²) in [6, 6.07) is 0. The molecule has 0 radical (unpaired) electrons. The first-order valence-corrected chi connectivity index (χ1v) is 7.01. The van der Waals surface area contributed by atoms with Crippen molar-refractivity contribution in [3.8, 4) is 0 Å². The van der Waals surface area contributed by atoms with E-state index in [2.05, 4.69) is 6.92 Å². The lowest BCUT2D eigenvalue weighted by Crippen LogP contribution is -2.31. The molecule has 1 heterocycles. The monoisotopic (exact) mass is 243 g/mol. The van der Waals surface area contributed by atoms with E-state index in [1.165, 1.54) is 4.90 Å². The Morgan fingerprint density at radius 2 is 1.65 bits per heavy atom. The maximum atomic E-state index is 11.4. The maximum absolute atomic E-state index is 11.4. The number of amides is 2. The van der Waals surface area contributed by atoms with Gasteiger partial charge in [0.05, 0.1) is 0 Å². The Labute approximate surface area is 107 Å². The van der Waals surface area contributed by atoms with Crippen LogP contribution in [0.25, 0.3) is 0 Å². The summed E-state index contributed by atoms with van der Waals surface area (Å²) >= 11 is 0. The van der Waals surface area contributed by atoms with E-state index in [0.29, 0.717) is 13.0 Å². The van der Waals surface area contributed by atoms with Crippen LogP contribution in [0.3, 0.4) is 0 Å². The van der Waals surface area contributed by atoms with Crippen LogP contribution in [0.2, 0.25) is 0 Å². The first-order valence-electron chi connectivity index (χ1n) is 7.01. The summed E-state index contributed by atoms with van der Waals surface area (Å²) in [5.41, 5.74) is 0. The molecule has 17 heavy (non-hydrogen) atoms. The number of likely N-dealkylation sites (tertiary alicyclic amines) is 1. The highest BCUT2D eigenvalue weighted by molar-refractivity contribution is 6.03. The van der Waals surface area contributed by atoms with Gasteiger partial charge in [0.25, 0.3) is 0 Å². The highest BCUT2D eigenvalue weighted by atomic mass is 16.2. The number of carbonyl (C=O) groups is 2. The van der Waals surface area contributed by atoms with Gasteiger partial charge in [0.1, 0.15) is 0 Å². The molecule has 1 aliphatic rings. The van der Waals surface area contributed by atoms with E-state index in [0.717, 1.165) is 19.3 Å². The molecule has 2 amide bonds. The van der Waals surface area contributed by atoms with Gasteiger partial charge in [0.15, 0.2) is 0 Å². The van der Waals surface area contributed by atoms with Crippen molar-refractivity contribution in [1.82, 2.24) is 4.90 Å². The van der Waals surface area contributed by atoms with Crippen molar-refractivity contribution < 1.29 is 9.59 Å². The first kappa shape index (κ1) is 18.5. The van der Waals surface area contributed by atoms with Gasteiger partial charge in [0, 0.05) is 18.9 Å². The minimum absolute atomic E-state index is 0.00797. The minimum atomic E-state index is -0.0888. The van der Waals surface area contributed by atoms with Crippen LogP contribution in [0.15, 0.2) is 0 Å². The number of unbranched alkanes of at least 4 members (excludes halogenated alkanes) is 2. The van der Waals surface area contributed by atoms with Crippen LogP contribution in [0, 0.1) is 5.92 Å². The molecule has 0 bridgehead atoms. The van der Waals surface area contributed by atoms with Crippen LogP contribution < -0.4 is 0 Å². The fourth-order valence-corrected chi connectivity index (χ4v) is 1.60. The number of hydrogen-bond acceptors (Lipinski definition) is 2. The van der Waals surface area contributed by atoms with Gasteiger partial charge in [-0.05, 0) is 6.42 Å². The third-order valence-corrected chi connectivity index (χ3v) is 2.45. The highest BCUT2D eigenvalue weighted by Gasteiger charge is 2.34. The molecule has 0 aromatic carbocycles. The quantitative estimate of drug-likeness (QED) is 0.558. The Hall–Kier alpha value is -0.860. The zero-order valence-electron chi connectivity index (χ0n) is 12.4. The van der Waals surface area contributed by atoms with Gasteiger partial charge >= 0.3 is 0 Å².